The lowest BCUT2D eigenvalue weighted by Crippen LogP contribution is -2.62. The number of pyridine rings is 1. The Morgan fingerprint density at radius 1 is 1.44 bits per heavy atom. The molecule has 1 N–H and O–H groups in total. The van der Waals surface area contributed by atoms with Crippen molar-refractivity contribution in [1.29, 1.82) is 0 Å². The van der Waals surface area contributed by atoms with Crippen LogP contribution in [0.4, 0.5) is 5.69 Å². The van der Waals surface area contributed by atoms with Crippen LogP contribution in [0.15, 0.2) is 21.3 Å². The zero-order chi connectivity index (χ0) is 11.1. The highest BCUT2D eigenvalue weighted by Gasteiger charge is 2.35. The van der Waals surface area contributed by atoms with Gasteiger partial charge in [0.25, 0.3) is 0 Å². The molecule has 0 spiro atoms. The summed E-state index contributed by atoms with van der Waals surface area (Å²) in [5, 5.41) is 3.49. The highest BCUT2D eigenvalue weighted by atomic mass is 79.9. The summed E-state index contributed by atoms with van der Waals surface area (Å²) in [6.07, 6.45) is 3.24. The molecule has 0 radical (unpaired) electrons. The van der Waals surface area contributed by atoms with E-state index in [-0.39, 0.29) is 0 Å². The first-order valence-corrected chi connectivity index (χ1v) is 7.12. The molecule has 3 heterocycles. The first-order chi connectivity index (χ1) is 7.74. The summed E-state index contributed by atoms with van der Waals surface area (Å²) in [6, 6.07) is 2.83. The maximum atomic E-state index is 4.32. The van der Waals surface area contributed by atoms with Crippen molar-refractivity contribution in [1.82, 2.24) is 10.3 Å². The van der Waals surface area contributed by atoms with Gasteiger partial charge in [0.05, 0.1) is 16.4 Å². The summed E-state index contributed by atoms with van der Waals surface area (Å²) >= 11 is 6.90. The van der Waals surface area contributed by atoms with E-state index in [1.807, 2.05) is 6.20 Å². The third-order valence-electron chi connectivity index (χ3n) is 3.55. The summed E-state index contributed by atoms with van der Waals surface area (Å²) in [6.45, 7) is 3.47. The van der Waals surface area contributed by atoms with E-state index in [9.17, 15) is 0 Å². The van der Waals surface area contributed by atoms with Crippen LogP contribution in [0.3, 0.4) is 0 Å². The van der Waals surface area contributed by atoms with E-state index in [1.165, 1.54) is 18.7 Å². The van der Waals surface area contributed by atoms with Crippen molar-refractivity contribution in [2.75, 3.05) is 24.5 Å². The fourth-order valence-electron chi connectivity index (χ4n) is 2.44. The van der Waals surface area contributed by atoms with Crippen LogP contribution in [0.2, 0.25) is 0 Å². The molecule has 16 heavy (non-hydrogen) atoms. The topological polar surface area (TPSA) is 28.2 Å². The van der Waals surface area contributed by atoms with Gasteiger partial charge in [-0.3, -0.25) is 0 Å². The van der Waals surface area contributed by atoms with Crippen molar-refractivity contribution in [2.45, 2.75) is 12.5 Å². The molecule has 0 amide bonds. The summed E-state index contributed by atoms with van der Waals surface area (Å²) in [4.78, 5) is 6.74. The van der Waals surface area contributed by atoms with E-state index in [0.29, 0.717) is 6.04 Å². The van der Waals surface area contributed by atoms with Crippen molar-refractivity contribution >= 4 is 37.5 Å². The number of nitrogens with zero attached hydrogens (tertiary/aromatic N) is 2. The minimum absolute atomic E-state index is 0.691. The Hall–Kier alpha value is -0.130. The van der Waals surface area contributed by atoms with E-state index in [2.05, 4.69) is 53.1 Å². The quantitative estimate of drug-likeness (QED) is 0.791. The molecule has 3 rings (SSSR count). The van der Waals surface area contributed by atoms with Crippen LogP contribution in [0.25, 0.3) is 0 Å². The first-order valence-electron chi connectivity index (χ1n) is 5.53. The first kappa shape index (κ1) is 11.0. The Labute approximate surface area is 112 Å². The number of hydrogen-bond donors (Lipinski definition) is 1. The SMILES string of the molecule is Brc1cc(N2CC[C@@H]3CN[C@@H]3C2)cnc1Br. The number of nitrogens with one attached hydrogen (secondary N) is 1. The van der Waals surface area contributed by atoms with Gasteiger partial charge in [-0.15, -0.1) is 0 Å². The highest BCUT2D eigenvalue weighted by Crippen LogP contribution is 2.30. The van der Waals surface area contributed by atoms with Crippen molar-refractivity contribution in [2.24, 2.45) is 5.92 Å². The molecular weight excluding hydrogens is 334 g/mol. The Kier molecular flexibility index (Phi) is 2.94. The van der Waals surface area contributed by atoms with Gasteiger partial charge in [0.1, 0.15) is 4.60 Å². The molecule has 0 aliphatic carbocycles. The zero-order valence-corrected chi connectivity index (χ0v) is 12.0. The predicted octanol–water partition coefficient (Wildman–Crippen LogP) is 2.40. The minimum atomic E-state index is 0.691. The van der Waals surface area contributed by atoms with Crippen molar-refractivity contribution < 1.29 is 0 Å². The molecule has 1 aromatic heterocycles. The Morgan fingerprint density at radius 3 is 2.94 bits per heavy atom. The van der Waals surface area contributed by atoms with Gasteiger partial charge in [0, 0.05) is 19.1 Å². The maximum absolute atomic E-state index is 4.32. The number of aromatic nitrogens is 1. The molecule has 0 unspecified atom stereocenters. The van der Waals surface area contributed by atoms with Gasteiger partial charge in [-0.2, -0.15) is 0 Å². The molecule has 2 atom stereocenters. The van der Waals surface area contributed by atoms with Crippen LogP contribution >= 0.6 is 31.9 Å². The average Bonchev–Trinajstić information content (AvgIpc) is 2.24. The molecule has 0 bridgehead atoms. The van der Waals surface area contributed by atoms with E-state index in [1.54, 1.807) is 0 Å². The zero-order valence-electron chi connectivity index (χ0n) is 8.79. The molecule has 3 nitrogen and oxygen atoms in total. The Morgan fingerprint density at radius 2 is 2.31 bits per heavy atom. The van der Waals surface area contributed by atoms with Gasteiger partial charge >= 0.3 is 0 Å². The number of fused-ring (bicyclic) bond motifs is 1. The minimum Gasteiger partial charge on any atom is -0.369 e. The van der Waals surface area contributed by atoms with Crippen LogP contribution in [0, 0.1) is 5.92 Å². The lowest BCUT2D eigenvalue weighted by atomic mass is 9.85. The van der Waals surface area contributed by atoms with Crippen LogP contribution < -0.4 is 10.2 Å². The standard InChI is InChI=1S/C11H13Br2N3/c12-9-3-8(5-15-11(9)13)16-2-1-7-4-14-10(7)6-16/h3,5,7,10,14H,1-2,4,6H2/t7-,10-/m1/s1. The molecule has 2 aliphatic rings. The lowest BCUT2D eigenvalue weighted by Gasteiger charge is -2.47. The number of rotatable bonds is 1. The van der Waals surface area contributed by atoms with Crippen LogP contribution in [0.5, 0.6) is 0 Å². The number of halogens is 2. The van der Waals surface area contributed by atoms with E-state index < -0.39 is 0 Å². The molecule has 1 aromatic rings. The molecule has 2 fully saturated rings. The largest absolute Gasteiger partial charge is 0.369 e. The number of hydrogen-bond acceptors (Lipinski definition) is 3. The smallest absolute Gasteiger partial charge is 0.120 e. The highest BCUT2D eigenvalue weighted by molar-refractivity contribution is 9.13. The summed E-state index contributed by atoms with van der Waals surface area (Å²) in [5.74, 6) is 0.906. The van der Waals surface area contributed by atoms with Gasteiger partial charge in [0.2, 0.25) is 0 Å². The van der Waals surface area contributed by atoms with E-state index in [4.69, 9.17) is 0 Å². The fraction of sp³-hybridized carbons (Fsp3) is 0.545. The number of piperidine rings is 1. The summed E-state index contributed by atoms with van der Waals surface area (Å²) in [5.41, 5.74) is 1.21. The fourth-order valence-corrected chi connectivity index (χ4v) is 2.99. The van der Waals surface area contributed by atoms with E-state index in [0.717, 1.165) is 28.1 Å². The molecule has 0 aromatic carbocycles. The molecule has 2 aliphatic heterocycles. The monoisotopic (exact) mass is 345 g/mol. The molecular formula is C11H13Br2N3. The van der Waals surface area contributed by atoms with Crippen LogP contribution in [0.1, 0.15) is 6.42 Å². The van der Waals surface area contributed by atoms with Gasteiger partial charge in [-0.25, -0.2) is 4.98 Å². The molecule has 0 saturated carbocycles. The van der Waals surface area contributed by atoms with Gasteiger partial charge < -0.3 is 10.2 Å². The van der Waals surface area contributed by atoms with Crippen molar-refractivity contribution in [3.63, 3.8) is 0 Å². The molecule has 2 saturated heterocycles. The second-order valence-electron chi connectivity index (χ2n) is 4.48. The Bertz CT molecular complexity index is 410. The number of anilines is 1. The lowest BCUT2D eigenvalue weighted by molar-refractivity contribution is 0.197. The average molecular weight is 347 g/mol. The summed E-state index contributed by atoms with van der Waals surface area (Å²) in [7, 11) is 0. The van der Waals surface area contributed by atoms with Gasteiger partial charge in [-0.1, -0.05) is 0 Å². The van der Waals surface area contributed by atoms with Gasteiger partial charge in [0.15, 0.2) is 0 Å². The van der Waals surface area contributed by atoms with Crippen LogP contribution in [-0.4, -0.2) is 30.7 Å². The Balaban J connectivity index is 1.78. The van der Waals surface area contributed by atoms with Crippen molar-refractivity contribution in [3.8, 4) is 0 Å². The van der Waals surface area contributed by atoms with E-state index >= 15 is 0 Å². The third kappa shape index (κ3) is 1.89. The van der Waals surface area contributed by atoms with Crippen LogP contribution in [-0.2, 0) is 0 Å². The predicted molar refractivity (Wildman–Crippen MR) is 71.7 cm³/mol. The van der Waals surface area contributed by atoms with Gasteiger partial charge in [-0.05, 0) is 56.8 Å². The molecule has 5 heteroatoms. The summed E-state index contributed by atoms with van der Waals surface area (Å²) < 4.78 is 1.89. The second kappa shape index (κ2) is 4.27. The normalized spacial score (nSPS) is 28.5. The van der Waals surface area contributed by atoms with Crippen molar-refractivity contribution in [3.05, 3.63) is 21.3 Å². The third-order valence-corrected chi connectivity index (χ3v) is 5.31. The molecule has 86 valence electrons. The maximum Gasteiger partial charge on any atom is 0.120 e. The second-order valence-corrected chi connectivity index (χ2v) is 6.08.